The number of rotatable bonds is 4. The number of carbonyl (C=O) groups excluding carboxylic acids is 1. The highest BCUT2D eigenvalue weighted by Gasteiger charge is 2.33. The molecule has 2 aliphatic heterocycles. The van der Waals surface area contributed by atoms with Gasteiger partial charge in [-0.25, -0.2) is 0 Å². The summed E-state index contributed by atoms with van der Waals surface area (Å²) in [5.74, 6) is 0.0842. The molecular formula is C12H22N2O3. The molecule has 0 saturated carbocycles. The molecule has 1 atom stereocenters. The van der Waals surface area contributed by atoms with Crippen LogP contribution in [0, 0.1) is 0 Å². The van der Waals surface area contributed by atoms with Crippen molar-refractivity contribution in [3.63, 3.8) is 0 Å². The Morgan fingerprint density at radius 3 is 2.71 bits per heavy atom. The van der Waals surface area contributed by atoms with Crippen LogP contribution in [0.25, 0.3) is 0 Å². The molecule has 5 heteroatoms. The number of nitrogens with two attached hydrogens (primary N) is 1. The molecule has 2 N–H and O–H groups in total. The molecule has 5 nitrogen and oxygen atoms in total. The summed E-state index contributed by atoms with van der Waals surface area (Å²) in [6, 6.07) is 0. The normalized spacial score (nSPS) is 29.6. The Balaban J connectivity index is 1.80. The Morgan fingerprint density at radius 2 is 2.12 bits per heavy atom. The molecule has 2 saturated heterocycles. The number of ether oxygens (including phenoxy) is 2. The molecule has 0 aromatic rings. The summed E-state index contributed by atoms with van der Waals surface area (Å²) >= 11 is 0. The molecule has 98 valence electrons. The smallest absolute Gasteiger partial charge is 0.248 e. The van der Waals surface area contributed by atoms with Gasteiger partial charge in [-0.2, -0.15) is 0 Å². The van der Waals surface area contributed by atoms with Crippen molar-refractivity contribution in [3.8, 4) is 0 Å². The fourth-order valence-corrected chi connectivity index (χ4v) is 2.43. The molecule has 2 heterocycles. The first-order chi connectivity index (χ1) is 8.26. The van der Waals surface area contributed by atoms with E-state index in [1.54, 1.807) is 0 Å². The first-order valence-corrected chi connectivity index (χ1v) is 6.45. The molecule has 1 unspecified atom stereocenters. The third kappa shape index (κ3) is 3.18. The van der Waals surface area contributed by atoms with Gasteiger partial charge in [-0.3, -0.25) is 4.79 Å². The van der Waals surface area contributed by atoms with Gasteiger partial charge >= 0.3 is 0 Å². The standard InChI is InChI=1S/C12H22N2O3/c13-9-12(4-3-7-16-10-12)17-8-11(15)14-5-1-2-6-14/h1-10,13H2. The fraction of sp³-hybridized carbons (Fsp3) is 0.917. The molecule has 0 aromatic carbocycles. The molecule has 2 aliphatic rings. The maximum Gasteiger partial charge on any atom is 0.248 e. The van der Waals surface area contributed by atoms with Gasteiger partial charge in [0.05, 0.1) is 6.61 Å². The largest absolute Gasteiger partial charge is 0.378 e. The van der Waals surface area contributed by atoms with Gasteiger partial charge in [0.15, 0.2) is 0 Å². The third-order valence-corrected chi connectivity index (χ3v) is 3.62. The van der Waals surface area contributed by atoms with Crippen molar-refractivity contribution in [2.45, 2.75) is 31.3 Å². The zero-order chi connectivity index (χ0) is 12.1. The second-order valence-electron chi connectivity index (χ2n) is 4.92. The monoisotopic (exact) mass is 242 g/mol. The van der Waals surface area contributed by atoms with Gasteiger partial charge in [0.2, 0.25) is 5.91 Å². The van der Waals surface area contributed by atoms with Gasteiger partial charge in [-0.15, -0.1) is 0 Å². The van der Waals surface area contributed by atoms with Gasteiger partial charge in [0, 0.05) is 26.2 Å². The van der Waals surface area contributed by atoms with E-state index in [1.807, 2.05) is 4.90 Å². The maximum absolute atomic E-state index is 11.9. The Hall–Kier alpha value is -0.650. The van der Waals surface area contributed by atoms with Crippen molar-refractivity contribution in [1.82, 2.24) is 4.90 Å². The molecule has 1 amide bonds. The Kier molecular flexibility index (Phi) is 4.36. The van der Waals surface area contributed by atoms with Crippen LogP contribution in [-0.2, 0) is 14.3 Å². The minimum absolute atomic E-state index is 0.0842. The lowest BCUT2D eigenvalue weighted by Gasteiger charge is -2.36. The summed E-state index contributed by atoms with van der Waals surface area (Å²) in [6.07, 6.45) is 4.06. The van der Waals surface area contributed by atoms with Crippen LogP contribution < -0.4 is 5.73 Å². The van der Waals surface area contributed by atoms with Crippen molar-refractivity contribution in [2.75, 3.05) is 39.5 Å². The summed E-state index contributed by atoms with van der Waals surface area (Å²) in [5, 5.41) is 0. The lowest BCUT2D eigenvalue weighted by Crippen LogP contribution is -2.49. The highest BCUT2D eigenvalue weighted by atomic mass is 16.5. The average molecular weight is 242 g/mol. The van der Waals surface area contributed by atoms with Crippen LogP contribution in [0.3, 0.4) is 0 Å². The van der Waals surface area contributed by atoms with Crippen molar-refractivity contribution in [3.05, 3.63) is 0 Å². The van der Waals surface area contributed by atoms with Crippen LogP contribution in [0.15, 0.2) is 0 Å². The van der Waals surface area contributed by atoms with E-state index in [0.29, 0.717) is 13.2 Å². The zero-order valence-electron chi connectivity index (χ0n) is 10.3. The molecule has 2 rings (SSSR count). The van der Waals surface area contributed by atoms with Crippen LogP contribution in [0.2, 0.25) is 0 Å². The van der Waals surface area contributed by atoms with Crippen LogP contribution >= 0.6 is 0 Å². The van der Waals surface area contributed by atoms with Gasteiger partial charge in [-0.05, 0) is 25.7 Å². The Labute approximate surface area is 102 Å². The predicted molar refractivity (Wildman–Crippen MR) is 63.6 cm³/mol. The zero-order valence-corrected chi connectivity index (χ0v) is 10.3. The second-order valence-corrected chi connectivity index (χ2v) is 4.92. The van der Waals surface area contributed by atoms with Crippen LogP contribution in [0.4, 0.5) is 0 Å². The lowest BCUT2D eigenvalue weighted by atomic mass is 9.96. The minimum atomic E-state index is -0.437. The summed E-state index contributed by atoms with van der Waals surface area (Å²) in [4.78, 5) is 13.7. The molecule has 0 bridgehead atoms. The van der Waals surface area contributed by atoms with E-state index in [1.165, 1.54) is 0 Å². The predicted octanol–water partition coefficient (Wildman–Crippen LogP) is 0.133. The topological polar surface area (TPSA) is 64.8 Å². The summed E-state index contributed by atoms with van der Waals surface area (Å²) in [6.45, 7) is 3.57. The molecule has 17 heavy (non-hydrogen) atoms. The van der Waals surface area contributed by atoms with Crippen molar-refractivity contribution in [1.29, 1.82) is 0 Å². The van der Waals surface area contributed by atoms with Gasteiger partial charge < -0.3 is 20.1 Å². The first-order valence-electron chi connectivity index (χ1n) is 6.45. The number of hydrogen-bond donors (Lipinski definition) is 1. The highest BCUT2D eigenvalue weighted by Crippen LogP contribution is 2.22. The molecule has 0 aromatic heterocycles. The Bertz CT molecular complexity index is 258. The number of hydrogen-bond acceptors (Lipinski definition) is 4. The number of likely N-dealkylation sites (tertiary alicyclic amines) is 1. The fourth-order valence-electron chi connectivity index (χ4n) is 2.43. The van der Waals surface area contributed by atoms with Crippen LogP contribution in [0.1, 0.15) is 25.7 Å². The highest BCUT2D eigenvalue weighted by molar-refractivity contribution is 5.77. The van der Waals surface area contributed by atoms with E-state index in [4.69, 9.17) is 15.2 Å². The van der Waals surface area contributed by atoms with E-state index in [0.717, 1.165) is 45.4 Å². The van der Waals surface area contributed by atoms with E-state index in [2.05, 4.69) is 0 Å². The third-order valence-electron chi connectivity index (χ3n) is 3.62. The van der Waals surface area contributed by atoms with E-state index in [-0.39, 0.29) is 12.5 Å². The van der Waals surface area contributed by atoms with Gasteiger partial charge in [-0.1, -0.05) is 0 Å². The molecule has 2 fully saturated rings. The molecule has 0 spiro atoms. The number of amides is 1. The van der Waals surface area contributed by atoms with Gasteiger partial charge in [0.1, 0.15) is 12.2 Å². The van der Waals surface area contributed by atoms with Crippen LogP contribution in [0.5, 0.6) is 0 Å². The average Bonchev–Trinajstić information content (AvgIpc) is 2.91. The summed E-state index contributed by atoms with van der Waals surface area (Å²) < 4.78 is 11.2. The maximum atomic E-state index is 11.9. The lowest BCUT2D eigenvalue weighted by molar-refractivity contribution is -0.154. The summed E-state index contributed by atoms with van der Waals surface area (Å²) in [7, 11) is 0. The molecule has 0 aliphatic carbocycles. The minimum Gasteiger partial charge on any atom is -0.378 e. The quantitative estimate of drug-likeness (QED) is 0.761. The Morgan fingerprint density at radius 1 is 1.35 bits per heavy atom. The van der Waals surface area contributed by atoms with Gasteiger partial charge in [0.25, 0.3) is 0 Å². The van der Waals surface area contributed by atoms with Crippen molar-refractivity contribution >= 4 is 5.91 Å². The number of nitrogens with zero attached hydrogens (tertiary/aromatic N) is 1. The van der Waals surface area contributed by atoms with E-state index < -0.39 is 5.60 Å². The second kappa shape index (κ2) is 5.80. The van der Waals surface area contributed by atoms with E-state index >= 15 is 0 Å². The summed E-state index contributed by atoms with van der Waals surface area (Å²) in [5.41, 5.74) is 5.31. The number of carbonyl (C=O) groups is 1. The van der Waals surface area contributed by atoms with E-state index in [9.17, 15) is 4.79 Å². The van der Waals surface area contributed by atoms with Crippen molar-refractivity contribution in [2.24, 2.45) is 5.73 Å². The first kappa shape index (κ1) is 12.8. The van der Waals surface area contributed by atoms with Crippen molar-refractivity contribution < 1.29 is 14.3 Å². The molecule has 0 radical (unpaired) electrons. The van der Waals surface area contributed by atoms with Crippen LogP contribution in [-0.4, -0.2) is 55.9 Å². The molecular weight excluding hydrogens is 220 g/mol. The SMILES string of the molecule is NCC1(OCC(=O)N2CCCC2)CCCOC1.